The summed E-state index contributed by atoms with van der Waals surface area (Å²) in [6.07, 6.45) is 9.11. The molecule has 0 spiro atoms. The number of halogens is 1. The number of rotatable bonds is 2. The predicted molar refractivity (Wildman–Crippen MR) is 102 cm³/mol. The van der Waals surface area contributed by atoms with E-state index in [1.807, 2.05) is 18.2 Å². The van der Waals surface area contributed by atoms with Crippen molar-refractivity contribution in [1.82, 2.24) is 10.3 Å². The first-order valence-electron chi connectivity index (χ1n) is 9.55. The Balaban J connectivity index is 1.63. The fraction of sp³-hybridized carbons (Fsp3) is 0.524. The van der Waals surface area contributed by atoms with Crippen LogP contribution in [0.25, 0.3) is 10.9 Å². The molecule has 2 atom stereocenters. The highest BCUT2D eigenvalue weighted by atomic mass is 35.5. The van der Waals surface area contributed by atoms with E-state index in [2.05, 4.69) is 12.2 Å². The van der Waals surface area contributed by atoms with Crippen molar-refractivity contribution in [3.63, 3.8) is 0 Å². The van der Waals surface area contributed by atoms with E-state index in [-0.39, 0.29) is 11.9 Å². The first-order chi connectivity index (χ1) is 12.1. The van der Waals surface area contributed by atoms with Crippen LogP contribution >= 0.6 is 11.6 Å². The summed E-state index contributed by atoms with van der Waals surface area (Å²) in [6, 6.07) is 6.03. The molecule has 1 aromatic heterocycles. The van der Waals surface area contributed by atoms with Gasteiger partial charge in [-0.05, 0) is 62.1 Å². The smallest absolute Gasteiger partial charge is 0.251 e. The van der Waals surface area contributed by atoms with E-state index >= 15 is 0 Å². The predicted octanol–water partition coefficient (Wildman–Crippen LogP) is 5.08. The Bertz CT molecular complexity index is 817. The minimum Gasteiger partial charge on any atom is -0.349 e. The van der Waals surface area contributed by atoms with Gasteiger partial charge in [-0.25, -0.2) is 0 Å². The van der Waals surface area contributed by atoms with Crippen LogP contribution in [0.15, 0.2) is 18.2 Å². The molecule has 1 saturated carbocycles. The maximum absolute atomic E-state index is 12.7. The number of carbonyl (C=O) groups is 1. The van der Waals surface area contributed by atoms with Gasteiger partial charge in [0.15, 0.2) is 0 Å². The Morgan fingerprint density at radius 1 is 1.16 bits per heavy atom. The zero-order valence-corrected chi connectivity index (χ0v) is 15.5. The van der Waals surface area contributed by atoms with Crippen LogP contribution in [0.2, 0.25) is 5.02 Å². The van der Waals surface area contributed by atoms with Gasteiger partial charge in [0.2, 0.25) is 0 Å². The SMILES string of the molecule is CC1CCCCC1NC(=O)c1ccc2c(Cl)c3c(nc2c1)CCCC3. The van der Waals surface area contributed by atoms with Gasteiger partial charge in [-0.15, -0.1) is 0 Å². The molecule has 1 aromatic carbocycles. The quantitative estimate of drug-likeness (QED) is 0.815. The summed E-state index contributed by atoms with van der Waals surface area (Å²) >= 11 is 6.63. The molecular weight excluding hydrogens is 332 g/mol. The molecule has 132 valence electrons. The molecule has 0 saturated heterocycles. The third-order valence-electron chi connectivity index (χ3n) is 5.88. The molecule has 2 aliphatic rings. The molecule has 2 aromatic rings. The fourth-order valence-corrected chi connectivity index (χ4v) is 4.65. The van der Waals surface area contributed by atoms with Crippen LogP contribution in [0.1, 0.15) is 67.1 Å². The van der Waals surface area contributed by atoms with Crippen LogP contribution in [-0.4, -0.2) is 16.9 Å². The van der Waals surface area contributed by atoms with Gasteiger partial charge in [-0.3, -0.25) is 9.78 Å². The Labute approximate surface area is 154 Å². The molecule has 0 bridgehead atoms. The molecule has 4 heteroatoms. The number of nitrogens with one attached hydrogen (secondary N) is 1. The molecule has 2 aliphatic carbocycles. The number of carbonyl (C=O) groups excluding carboxylic acids is 1. The summed E-state index contributed by atoms with van der Waals surface area (Å²) < 4.78 is 0. The van der Waals surface area contributed by atoms with Crippen molar-refractivity contribution >= 4 is 28.4 Å². The number of pyridine rings is 1. The van der Waals surface area contributed by atoms with Gasteiger partial charge in [-0.1, -0.05) is 37.4 Å². The van der Waals surface area contributed by atoms with E-state index in [9.17, 15) is 4.79 Å². The molecule has 4 rings (SSSR count). The van der Waals surface area contributed by atoms with Crippen molar-refractivity contribution in [2.75, 3.05) is 0 Å². The van der Waals surface area contributed by atoms with Crippen molar-refractivity contribution in [2.24, 2.45) is 5.92 Å². The zero-order chi connectivity index (χ0) is 17.4. The van der Waals surface area contributed by atoms with Gasteiger partial charge in [0.05, 0.1) is 10.5 Å². The third kappa shape index (κ3) is 3.27. The number of aryl methyl sites for hydroxylation is 1. The minimum atomic E-state index is 0.0105. The maximum atomic E-state index is 12.7. The normalized spacial score (nSPS) is 23.3. The lowest BCUT2D eigenvalue weighted by molar-refractivity contribution is 0.0910. The number of hydrogen-bond acceptors (Lipinski definition) is 2. The van der Waals surface area contributed by atoms with E-state index in [0.717, 1.165) is 40.9 Å². The van der Waals surface area contributed by atoms with Crippen LogP contribution in [0, 0.1) is 5.92 Å². The lowest BCUT2D eigenvalue weighted by Crippen LogP contribution is -2.41. The molecule has 0 aliphatic heterocycles. The summed E-state index contributed by atoms with van der Waals surface area (Å²) in [6.45, 7) is 2.23. The van der Waals surface area contributed by atoms with Crippen molar-refractivity contribution in [2.45, 2.75) is 64.3 Å². The molecule has 0 radical (unpaired) electrons. The van der Waals surface area contributed by atoms with Gasteiger partial charge in [-0.2, -0.15) is 0 Å². The molecule has 25 heavy (non-hydrogen) atoms. The van der Waals surface area contributed by atoms with Crippen molar-refractivity contribution < 1.29 is 4.79 Å². The number of fused-ring (bicyclic) bond motifs is 2. The number of hydrogen-bond donors (Lipinski definition) is 1. The highest BCUT2D eigenvalue weighted by Crippen LogP contribution is 2.33. The third-order valence-corrected chi connectivity index (χ3v) is 6.32. The first kappa shape index (κ1) is 16.8. The molecule has 1 amide bonds. The molecular formula is C21H25ClN2O. The second-order valence-corrected chi connectivity index (χ2v) is 8.01. The Hall–Kier alpha value is -1.61. The van der Waals surface area contributed by atoms with E-state index in [0.29, 0.717) is 11.5 Å². The van der Waals surface area contributed by atoms with Gasteiger partial charge >= 0.3 is 0 Å². The Kier molecular flexibility index (Phi) is 4.68. The molecule has 1 fully saturated rings. The second kappa shape index (κ2) is 6.95. The molecule has 2 unspecified atom stereocenters. The molecule has 1 N–H and O–H groups in total. The summed E-state index contributed by atoms with van der Waals surface area (Å²) in [5.41, 5.74) is 3.84. The van der Waals surface area contributed by atoms with Crippen LogP contribution in [0.4, 0.5) is 0 Å². The maximum Gasteiger partial charge on any atom is 0.251 e. The van der Waals surface area contributed by atoms with Gasteiger partial charge in [0.1, 0.15) is 0 Å². The summed E-state index contributed by atoms with van der Waals surface area (Å²) in [4.78, 5) is 17.5. The van der Waals surface area contributed by atoms with E-state index in [1.54, 1.807) is 0 Å². The number of nitrogens with zero attached hydrogens (tertiary/aromatic N) is 1. The van der Waals surface area contributed by atoms with Gasteiger partial charge < -0.3 is 5.32 Å². The van der Waals surface area contributed by atoms with Crippen LogP contribution in [0.5, 0.6) is 0 Å². The fourth-order valence-electron chi connectivity index (χ4n) is 4.29. The number of aromatic nitrogens is 1. The number of benzene rings is 1. The average molecular weight is 357 g/mol. The highest BCUT2D eigenvalue weighted by molar-refractivity contribution is 6.36. The van der Waals surface area contributed by atoms with E-state index in [4.69, 9.17) is 16.6 Å². The summed E-state index contributed by atoms with van der Waals surface area (Å²) in [7, 11) is 0. The first-order valence-corrected chi connectivity index (χ1v) is 9.93. The van der Waals surface area contributed by atoms with Gasteiger partial charge in [0.25, 0.3) is 5.91 Å². The minimum absolute atomic E-state index is 0.0105. The Morgan fingerprint density at radius 3 is 2.80 bits per heavy atom. The largest absolute Gasteiger partial charge is 0.349 e. The standard InChI is InChI=1S/C21H25ClN2O/c1-13-6-2-4-8-17(13)24-21(25)14-10-11-16-19(12-14)23-18-9-5-3-7-15(18)20(16)22/h10-13,17H,2-9H2,1H3,(H,24,25). The lowest BCUT2D eigenvalue weighted by Gasteiger charge is -2.29. The number of amides is 1. The van der Waals surface area contributed by atoms with Crippen molar-refractivity contribution in [3.05, 3.63) is 40.0 Å². The second-order valence-electron chi connectivity index (χ2n) is 7.63. The molecule has 1 heterocycles. The highest BCUT2D eigenvalue weighted by Gasteiger charge is 2.24. The van der Waals surface area contributed by atoms with Crippen molar-refractivity contribution in [1.29, 1.82) is 0 Å². The Morgan fingerprint density at radius 2 is 1.96 bits per heavy atom. The zero-order valence-electron chi connectivity index (χ0n) is 14.8. The monoisotopic (exact) mass is 356 g/mol. The topological polar surface area (TPSA) is 42.0 Å². The van der Waals surface area contributed by atoms with Crippen LogP contribution < -0.4 is 5.32 Å². The lowest BCUT2D eigenvalue weighted by atomic mass is 9.86. The van der Waals surface area contributed by atoms with Gasteiger partial charge in [0, 0.05) is 22.7 Å². The molecule has 3 nitrogen and oxygen atoms in total. The average Bonchev–Trinajstić information content (AvgIpc) is 2.63. The van der Waals surface area contributed by atoms with Crippen LogP contribution in [-0.2, 0) is 12.8 Å². The summed E-state index contributed by atoms with van der Waals surface area (Å²) in [5.74, 6) is 0.564. The summed E-state index contributed by atoms with van der Waals surface area (Å²) in [5, 5.41) is 5.02. The van der Waals surface area contributed by atoms with Crippen LogP contribution in [0.3, 0.4) is 0 Å². The van der Waals surface area contributed by atoms with E-state index < -0.39 is 0 Å². The van der Waals surface area contributed by atoms with E-state index in [1.165, 1.54) is 37.7 Å². The van der Waals surface area contributed by atoms with Crippen molar-refractivity contribution in [3.8, 4) is 0 Å².